The van der Waals surface area contributed by atoms with Crippen molar-refractivity contribution in [2.24, 2.45) is 0 Å². The van der Waals surface area contributed by atoms with Gasteiger partial charge in [0.05, 0.1) is 11.9 Å². The van der Waals surface area contributed by atoms with Gasteiger partial charge in [0, 0.05) is 17.6 Å². The van der Waals surface area contributed by atoms with E-state index in [1.165, 1.54) is 4.90 Å². The Bertz CT molecular complexity index is 1090. The molecule has 0 fully saturated rings. The van der Waals surface area contributed by atoms with Crippen molar-refractivity contribution in [3.63, 3.8) is 0 Å². The summed E-state index contributed by atoms with van der Waals surface area (Å²) in [7, 11) is -3.76. The highest BCUT2D eigenvalue weighted by atomic mass is 79.9. The van der Waals surface area contributed by atoms with E-state index in [1.807, 2.05) is 50.2 Å². The number of sulfonamides is 1. The van der Waals surface area contributed by atoms with E-state index in [4.69, 9.17) is 0 Å². The third-order valence-corrected chi connectivity index (χ3v) is 6.89. The summed E-state index contributed by atoms with van der Waals surface area (Å²) in [5.74, 6) is -0.695. The van der Waals surface area contributed by atoms with E-state index in [1.54, 1.807) is 26.0 Å². The summed E-state index contributed by atoms with van der Waals surface area (Å²) in [6.07, 6.45) is 1.09. The number of carbonyl (C=O) groups excluding carboxylic acids is 2. The molecular weight excluding hydrogens is 506 g/mol. The number of hydrogen-bond acceptors (Lipinski definition) is 4. The van der Waals surface area contributed by atoms with E-state index < -0.39 is 28.5 Å². The van der Waals surface area contributed by atoms with Crippen LogP contribution in [0, 0.1) is 0 Å². The molecule has 2 rings (SSSR count). The molecule has 2 aromatic rings. The van der Waals surface area contributed by atoms with Crippen molar-refractivity contribution in [2.75, 3.05) is 23.7 Å². The molecule has 0 heterocycles. The molecule has 0 radical (unpaired) electrons. The molecule has 0 saturated carbocycles. The van der Waals surface area contributed by atoms with E-state index in [-0.39, 0.29) is 18.4 Å². The first-order valence-corrected chi connectivity index (χ1v) is 13.5. The minimum absolute atomic E-state index is 0.0626. The number of hydrogen-bond donors (Lipinski definition) is 1. The first-order valence-electron chi connectivity index (χ1n) is 10.8. The van der Waals surface area contributed by atoms with Crippen molar-refractivity contribution < 1.29 is 18.0 Å². The van der Waals surface area contributed by atoms with Gasteiger partial charge in [-0.25, -0.2) is 8.42 Å². The van der Waals surface area contributed by atoms with Crippen LogP contribution in [0.15, 0.2) is 53.0 Å². The SMILES string of the molecule is CCNC(=O)[C@@H](C)N(Cc1cccc(Br)c1)C(=O)CN(c1ccccc1C(C)C)S(C)(=O)=O. The predicted octanol–water partition coefficient (Wildman–Crippen LogP) is 3.89. The first-order chi connectivity index (χ1) is 15.5. The van der Waals surface area contributed by atoms with Gasteiger partial charge in [0.25, 0.3) is 0 Å². The number of halogens is 1. The standard InChI is InChI=1S/C24H32BrN3O4S/c1-6-26-24(30)18(4)27(15-19-10-9-11-20(25)14-19)23(29)16-28(33(5,31)32)22-13-8-7-12-21(22)17(2)3/h7-14,17-18H,6,15-16H2,1-5H3,(H,26,30)/t18-/m1/s1. The zero-order chi connectivity index (χ0) is 24.8. The van der Waals surface area contributed by atoms with Gasteiger partial charge >= 0.3 is 0 Å². The van der Waals surface area contributed by atoms with Crippen LogP contribution in [-0.2, 0) is 26.2 Å². The number of para-hydroxylation sites is 1. The highest BCUT2D eigenvalue weighted by Gasteiger charge is 2.30. The molecule has 0 spiro atoms. The third-order valence-electron chi connectivity index (χ3n) is 5.27. The summed E-state index contributed by atoms with van der Waals surface area (Å²) in [6, 6.07) is 13.8. The van der Waals surface area contributed by atoms with Crippen LogP contribution in [0.5, 0.6) is 0 Å². The smallest absolute Gasteiger partial charge is 0.244 e. The van der Waals surface area contributed by atoms with Crippen LogP contribution in [0.2, 0.25) is 0 Å². The second kappa shape index (κ2) is 11.7. The molecule has 0 aliphatic rings. The molecular formula is C24H32BrN3O4S. The average molecular weight is 539 g/mol. The van der Waals surface area contributed by atoms with Crippen LogP contribution in [-0.4, -0.2) is 50.5 Å². The quantitative estimate of drug-likeness (QED) is 0.498. The predicted molar refractivity (Wildman–Crippen MR) is 136 cm³/mol. The molecule has 180 valence electrons. The summed E-state index contributed by atoms with van der Waals surface area (Å²) in [6.45, 7) is 7.59. The number of amides is 2. The van der Waals surface area contributed by atoms with Gasteiger partial charge < -0.3 is 10.2 Å². The maximum absolute atomic E-state index is 13.5. The molecule has 9 heteroatoms. The number of rotatable bonds is 10. The third kappa shape index (κ3) is 7.30. The van der Waals surface area contributed by atoms with Crippen molar-refractivity contribution in [2.45, 2.75) is 46.2 Å². The Morgan fingerprint density at radius 1 is 1.06 bits per heavy atom. The Morgan fingerprint density at radius 3 is 2.30 bits per heavy atom. The van der Waals surface area contributed by atoms with Gasteiger partial charge in [-0.15, -0.1) is 0 Å². The summed E-state index contributed by atoms with van der Waals surface area (Å²) in [5.41, 5.74) is 2.12. The lowest BCUT2D eigenvalue weighted by atomic mass is 10.0. The molecule has 0 aliphatic heterocycles. The van der Waals surface area contributed by atoms with Crippen LogP contribution in [0.3, 0.4) is 0 Å². The van der Waals surface area contributed by atoms with Crippen molar-refractivity contribution in [1.82, 2.24) is 10.2 Å². The second-order valence-corrected chi connectivity index (χ2v) is 11.0. The van der Waals surface area contributed by atoms with E-state index in [0.29, 0.717) is 12.2 Å². The minimum Gasteiger partial charge on any atom is -0.355 e. The van der Waals surface area contributed by atoms with Gasteiger partial charge in [0.15, 0.2) is 0 Å². The van der Waals surface area contributed by atoms with Crippen LogP contribution in [0.1, 0.15) is 44.7 Å². The lowest BCUT2D eigenvalue weighted by molar-refractivity contribution is -0.139. The number of benzene rings is 2. The Kier molecular flexibility index (Phi) is 9.48. The van der Waals surface area contributed by atoms with Crippen molar-refractivity contribution >= 4 is 43.5 Å². The summed E-state index contributed by atoms with van der Waals surface area (Å²) < 4.78 is 27.5. The Hall–Kier alpha value is -2.39. The fourth-order valence-electron chi connectivity index (χ4n) is 3.53. The van der Waals surface area contributed by atoms with Crippen molar-refractivity contribution in [3.05, 3.63) is 64.1 Å². The number of nitrogens with zero attached hydrogens (tertiary/aromatic N) is 2. The van der Waals surface area contributed by atoms with E-state index in [9.17, 15) is 18.0 Å². The molecule has 2 aromatic carbocycles. The largest absolute Gasteiger partial charge is 0.355 e. The number of likely N-dealkylation sites (N-methyl/N-ethyl adjacent to an activating group) is 1. The maximum Gasteiger partial charge on any atom is 0.244 e. The van der Waals surface area contributed by atoms with E-state index in [2.05, 4.69) is 21.2 Å². The molecule has 0 bridgehead atoms. The van der Waals surface area contributed by atoms with Crippen LogP contribution >= 0.6 is 15.9 Å². The topological polar surface area (TPSA) is 86.8 Å². The van der Waals surface area contributed by atoms with E-state index >= 15 is 0 Å². The van der Waals surface area contributed by atoms with Crippen LogP contribution in [0.25, 0.3) is 0 Å². The monoisotopic (exact) mass is 537 g/mol. The van der Waals surface area contributed by atoms with Gasteiger partial charge in [0.1, 0.15) is 12.6 Å². The van der Waals surface area contributed by atoms with Gasteiger partial charge in [-0.3, -0.25) is 13.9 Å². The number of carbonyl (C=O) groups is 2. The fourth-order valence-corrected chi connectivity index (χ4v) is 4.85. The second-order valence-electron chi connectivity index (χ2n) is 8.21. The zero-order valence-electron chi connectivity index (χ0n) is 19.7. The first kappa shape index (κ1) is 26.9. The average Bonchev–Trinajstić information content (AvgIpc) is 2.74. The minimum atomic E-state index is -3.76. The molecule has 1 N–H and O–H groups in total. The molecule has 0 aromatic heterocycles. The highest BCUT2D eigenvalue weighted by molar-refractivity contribution is 9.10. The Morgan fingerprint density at radius 2 is 1.73 bits per heavy atom. The summed E-state index contributed by atoms with van der Waals surface area (Å²) >= 11 is 3.43. The lowest BCUT2D eigenvalue weighted by Crippen LogP contribution is -2.51. The molecule has 0 saturated heterocycles. The normalized spacial score (nSPS) is 12.3. The molecule has 0 unspecified atom stereocenters. The number of nitrogens with one attached hydrogen (secondary N) is 1. The van der Waals surface area contributed by atoms with Gasteiger partial charge in [-0.2, -0.15) is 0 Å². The number of anilines is 1. The van der Waals surface area contributed by atoms with Gasteiger partial charge in [0.2, 0.25) is 21.8 Å². The molecule has 2 amide bonds. The van der Waals surface area contributed by atoms with Gasteiger partial charge in [-0.1, -0.05) is 60.1 Å². The van der Waals surface area contributed by atoms with Crippen LogP contribution in [0.4, 0.5) is 5.69 Å². The fraction of sp³-hybridized carbons (Fsp3) is 0.417. The molecule has 33 heavy (non-hydrogen) atoms. The highest BCUT2D eigenvalue weighted by Crippen LogP contribution is 2.29. The molecule has 0 aliphatic carbocycles. The lowest BCUT2D eigenvalue weighted by Gasteiger charge is -2.32. The molecule has 7 nitrogen and oxygen atoms in total. The van der Waals surface area contributed by atoms with Gasteiger partial charge in [-0.05, 0) is 49.1 Å². The van der Waals surface area contributed by atoms with Crippen LogP contribution < -0.4 is 9.62 Å². The maximum atomic E-state index is 13.5. The summed E-state index contributed by atoms with van der Waals surface area (Å²) in [5, 5.41) is 2.74. The Balaban J connectivity index is 2.45. The van der Waals surface area contributed by atoms with Crippen molar-refractivity contribution in [3.8, 4) is 0 Å². The molecule has 1 atom stereocenters. The van der Waals surface area contributed by atoms with E-state index in [0.717, 1.165) is 26.2 Å². The summed E-state index contributed by atoms with van der Waals surface area (Å²) in [4.78, 5) is 27.5. The Labute approximate surface area is 205 Å². The zero-order valence-corrected chi connectivity index (χ0v) is 22.1. The van der Waals surface area contributed by atoms with Crippen molar-refractivity contribution in [1.29, 1.82) is 0 Å².